The lowest BCUT2D eigenvalue weighted by Gasteiger charge is -2.32. The van der Waals surface area contributed by atoms with Crippen LogP contribution in [0.4, 0.5) is 10.2 Å². The molecule has 9 heteroatoms. The lowest BCUT2D eigenvalue weighted by molar-refractivity contribution is -0.119. The Kier molecular flexibility index (Phi) is 5.81. The quantitative estimate of drug-likeness (QED) is 0.780. The summed E-state index contributed by atoms with van der Waals surface area (Å²) in [4.78, 5) is 25.0. The molecule has 1 aromatic carbocycles. The van der Waals surface area contributed by atoms with Crippen LogP contribution in [-0.4, -0.2) is 48.9 Å². The van der Waals surface area contributed by atoms with Gasteiger partial charge < -0.3 is 24.6 Å². The maximum absolute atomic E-state index is 13.7. The van der Waals surface area contributed by atoms with Gasteiger partial charge in [-0.1, -0.05) is 5.16 Å². The average Bonchev–Trinajstić information content (AvgIpc) is 3.12. The van der Waals surface area contributed by atoms with Crippen molar-refractivity contribution >= 4 is 17.7 Å². The van der Waals surface area contributed by atoms with Gasteiger partial charge in [0.05, 0.1) is 7.11 Å². The van der Waals surface area contributed by atoms with Crippen molar-refractivity contribution < 1.29 is 28.3 Å². The van der Waals surface area contributed by atoms with Gasteiger partial charge in [0.2, 0.25) is 5.91 Å². The van der Waals surface area contributed by atoms with E-state index in [4.69, 9.17) is 9.26 Å². The van der Waals surface area contributed by atoms with Gasteiger partial charge in [0.15, 0.2) is 28.7 Å². The van der Waals surface area contributed by atoms with E-state index in [0.717, 1.165) is 12.8 Å². The van der Waals surface area contributed by atoms with E-state index in [-0.39, 0.29) is 34.7 Å². The topological polar surface area (TPSA) is 105 Å². The number of nitrogens with zero attached hydrogens (tertiary/aromatic N) is 2. The molecule has 150 valence electrons. The number of rotatable bonds is 6. The van der Waals surface area contributed by atoms with Crippen LogP contribution in [0.1, 0.15) is 30.1 Å². The number of carbonyl (C=O) groups is 2. The average molecular weight is 391 g/mol. The van der Waals surface area contributed by atoms with Gasteiger partial charge in [-0.15, -0.1) is 0 Å². The molecule has 8 nitrogen and oxygen atoms in total. The van der Waals surface area contributed by atoms with Crippen molar-refractivity contribution in [3.05, 3.63) is 29.6 Å². The first-order valence-corrected chi connectivity index (χ1v) is 8.97. The summed E-state index contributed by atoms with van der Waals surface area (Å²) in [5.74, 6) is -1.39. The molecule has 1 aromatic heterocycles. The molecule has 1 atom stereocenters. The number of aromatic nitrogens is 1. The number of hydrogen-bond acceptors (Lipinski definition) is 6. The fraction of sp³-hybridized carbons (Fsp3) is 0.421. The van der Waals surface area contributed by atoms with Crippen molar-refractivity contribution in [1.29, 1.82) is 0 Å². The van der Waals surface area contributed by atoms with Gasteiger partial charge in [-0.2, -0.15) is 0 Å². The van der Waals surface area contributed by atoms with Crippen LogP contribution in [0.5, 0.6) is 5.75 Å². The zero-order valence-electron chi connectivity index (χ0n) is 15.7. The molecule has 1 aliphatic rings. The van der Waals surface area contributed by atoms with Crippen LogP contribution in [0, 0.1) is 11.7 Å². The van der Waals surface area contributed by atoms with Crippen molar-refractivity contribution in [1.82, 2.24) is 10.5 Å². The summed E-state index contributed by atoms with van der Waals surface area (Å²) in [7, 11) is 1.33. The molecule has 0 aliphatic carbocycles. The van der Waals surface area contributed by atoms with Gasteiger partial charge in [-0.3, -0.25) is 4.79 Å². The molecule has 0 radical (unpaired) electrons. The van der Waals surface area contributed by atoms with Gasteiger partial charge in [0, 0.05) is 32.1 Å². The third-order valence-corrected chi connectivity index (χ3v) is 4.76. The van der Waals surface area contributed by atoms with Gasteiger partial charge in [0.25, 0.3) is 0 Å². The molecule has 2 aromatic rings. The SMILES string of the molecule is COc1cc(-c2onc(N3CCCC(CNC(C)=O)C3)c2C(=O)O)ccc1F. The van der Waals surface area contributed by atoms with Crippen molar-refractivity contribution in [3.8, 4) is 17.1 Å². The highest BCUT2D eigenvalue weighted by Gasteiger charge is 2.30. The predicted molar refractivity (Wildman–Crippen MR) is 99.0 cm³/mol. The monoisotopic (exact) mass is 391 g/mol. The molecule has 1 aliphatic heterocycles. The van der Waals surface area contributed by atoms with E-state index in [1.165, 1.54) is 32.2 Å². The van der Waals surface area contributed by atoms with Crippen LogP contribution >= 0.6 is 0 Å². The highest BCUT2D eigenvalue weighted by Crippen LogP contribution is 2.35. The fourth-order valence-electron chi connectivity index (χ4n) is 3.40. The lowest BCUT2D eigenvalue weighted by Crippen LogP contribution is -2.41. The minimum atomic E-state index is -1.18. The van der Waals surface area contributed by atoms with Gasteiger partial charge in [-0.25, -0.2) is 9.18 Å². The van der Waals surface area contributed by atoms with Crippen molar-refractivity contribution in [2.75, 3.05) is 31.6 Å². The lowest BCUT2D eigenvalue weighted by atomic mass is 9.97. The summed E-state index contributed by atoms with van der Waals surface area (Å²) in [5.41, 5.74) is 0.287. The molecule has 1 unspecified atom stereocenters. The third-order valence-electron chi connectivity index (χ3n) is 4.76. The maximum Gasteiger partial charge on any atom is 0.343 e. The van der Waals surface area contributed by atoms with E-state index < -0.39 is 11.8 Å². The number of carboxylic acid groups (broad SMARTS) is 1. The Morgan fingerprint density at radius 3 is 2.93 bits per heavy atom. The second-order valence-corrected chi connectivity index (χ2v) is 6.76. The van der Waals surface area contributed by atoms with Gasteiger partial charge >= 0.3 is 5.97 Å². The highest BCUT2D eigenvalue weighted by molar-refractivity contribution is 5.99. The largest absolute Gasteiger partial charge is 0.494 e. The summed E-state index contributed by atoms with van der Waals surface area (Å²) < 4.78 is 24.0. The molecule has 3 rings (SSSR count). The number of hydrogen-bond donors (Lipinski definition) is 2. The Morgan fingerprint density at radius 1 is 1.46 bits per heavy atom. The summed E-state index contributed by atoms with van der Waals surface area (Å²) in [5, 5.41) is 16.6. The molecular formula is C19H22FN3O5. The molecule has 0 saturated carbocycles. The van der Waals surface area contributed by atoms with E-state index in [9.17, 15) is 19.1 Å². The molecular weight excluding hydrogens is 369 g/mol. The molecule has 1 amide bonds. The number of halogens is 1. The number of amides is 1. The highest BCUT2D eigenvalue weighted by atomic mass is 19.1. The summed E-state index contributed by atoms with van der Waals surface area (Å²) >= 11 is 0. The zero-order chi connectivity index (χ0) is 20.3. The molecule has 0 spiro atoms. The number of benzene rings is 1. The van der Waals surface area contributed by atoms with Gasteiger partial charge in [0.1, 0.15) is 0 Å². The normalized spacial score (nSPS) is 16.7. The number of nitrogens with one attached hydrogen (secondary N) is 1. The van der Waals surface area contributed by atoms with Crippen LogP contribution in [-0.2, 0) is 4.79 Å². The molecule has 1 saturated heterocycles. The van der Waals surface area contributed by atoms with Crippen molar-refractivity contribution in [3.63, 3.8) is 0 Å². The standard InChI is InChI=1S/C19H22FN3O5/c1-11(24)21-9-12-4-3-7-23(10-12)18-16(19(25)26)17(28-22-18)13-5-6-14(20)15(8-13)27-2/h5-6,8,12H,3-4,7,9-10H2,1-2H3,(H,21,24)(H,25,26). The second kappa shape index (κ2) is 8.28. The Labute approximate surface area is 161 Å². The van der Waals surface area contributed by atoms with E-state index >= 15 is 0 Å². The Bertz CT molecular complexity index is 882. The van der Waals surface area contributed by atoms with Crippen LogP contribution in [0.25, 0.3) is 11.3 Å². The Morgan fingerprint density at radius 2 is 2.25 bits per heavy atom. The molecule has 1 fully saturated rings. The maximum atomic E-state index is 13.7. The summed E-state index contributed by atoms with van der Waals surface area (Å²) in [6.07, 6.45) is 1.77. The minimum absolute atomic E-state index is 0.0138. The summed E-state index contributed by atoms with van der Waals surface area (Å²) in [6, 6.07) is 3.98. The number of carboxylic acids is 1. The van der Waals surface area contributed by atoms with E-state index in [1.807, 2.05) is 4.90 Å². The first kappa shape index (κ1) is 19.7. The number of ether oxygens (including phenoxy) is 1. The van der Waals surface area contributed by atoms with Crippen molar-refractivity contribution in [2.24, 2.45) is 5.92 Å². The molecule has 28 heavy (non-hydrogen) atoms. The minimum Gasteiger partial charge on any atom is -0.494 e. The smallest absolute Gasteiger partial charge is 0.343 e. The third kappa shape index (κ3) is 4.08. The van der Waals surface area contributed by atoms with Crippen LogP contribution in [0.2, 0.25) is 0 Å². The number of aromatic carboxylic acids is 1. The van der Waals surface area contributed by atoms with Crippen LogP contribution < -0.4 is 15.0 Å². The van der Waals surface area contributed by atoms with E-state index in [2.05, 4.69) is 10.5 Å². The summed E-state index contributed by atoms with van der Waals surface area (Å²) in [6.45, 7) is 3.17. The second-order valence-electron chi connectivity index (χ2n) is 6.76. The number of anilines is 1. The Hall–Kier alpha value is -3.10. The van der Waals surface area contributed by atoms with Crippen LogP contribution in [0.3, 0.4) is 0 Å². The van der Waals surface area contributed by atoms with E-state index in [0.29, 0.717) is 25.2 Å². The number of piperidine rings is 1. The predicted octanol–water partition coefficient (Wildman–Crippen LogP) is 2.54. The van der Waals surface area contributed by atoms with Crippen LogP contribution in [0.15, 0.2) is 22.7 Å². The Balaban J connectivity index is 1.91. The molecule has 2 heterocycles. The molecule has 0 bridgehead atoms. The van der Waals surface area contributed by atoms with E-state index in [1.54, 1.807) is 0 Å². The van der Waals surface area contributed by atoms with Gasteiger partial charge in [-0.05, 0) is 37.0 Å². The zero-order valence-corrected chi connectivity index (χ0v) is 15.7. The van der Waals surface area contributed by atoms with Crippen molar-refractivity contribution in [2.45, 2.75) is 19.8 Å². The fourth-order valence-corrected chi connectivity index (χ4v) is 3.40. The first-order valence-electron chi connectivity index (χ1n) is 8.97. The number of methoxy groups -OCH3 is 1. The molecule has 2 N–H and O–H groups in total. The first-order chi connectivity index (χ1) is 13.4. The number of carbonyl (C=O) groups excluding carboxylic acids is 1.